The van der Waals surface area contributed by atoms with Crippen LogP contribution in [-0.2, 0) is 11.2 Å². The first-order valence-electron chi connectivity index (χ1n) is 4.63. The number of methoxy groups -OCH3 is 1. The summed E-state index contributed by atoms with van der Waals surface area (Å²) in [5, 5.41) is 9.17. The molecule has 0 aromatic heterocycles. The molecule has 1 rings (SSSR count). The minimum absolute atomic E-state index is 0.0737. The zero-order chi connectivity index (χ0) is 10.4. The molecule has 3 heteroatoms. The lowest BCUT2D eigenvalue weighted by atomic mass is 9.93. The minimum Gasteiger partial charge on any atom is -0.394 e. The van der Waals surface area contributed by atoms with Gasteiger partial charge in [-0.2, -0.15) is 0 Å². The van der Waals surface area contributed by atoms with Crippen molar-refractivity contribution in [2.24, 2.45) is 5.73 Å². The predicted octanol–water partition coefficient (Wildman–Crippen LogP) is 0.565. The van der Waals surface area contributed by atoms with E-state index in [-0.39, 0.29) is 6.61 Å². The lowest BCUT2D eigenvalue weighted by Crippen LogP contribution is -2.49. The summed E-state index contributed by atoms with van der Waals surface area (Å²) in [6.45, 7) is 0.286. The molecule has 0 aliphatic carbocycles. The molecule has 0 aliphatic rings. The van der Waals surface area contributed by atoms with Gasteiger partial charge in [0.25, 0.3) is 0 Å². The molecule has 0 aliphatic heterocycles. The van der Waals surface area contributed by atoms with Crippen LogP contribution in [0.3, 0.4) is 0 Å². The highest BCUT2D eigenvalue weighted by molar-refractivity contribution is 5.17. The van der Waals surface area contributed by atoms with E-state index in [1.165, 1.54) is 0 Å². The molecule has 0 saturated carbocycles. The second-order valence-corrected chi connectivity index (χ2v) is 3.62. The summed E-state index contributed by atoms with van der Waals surface area (Å²) >= 11 is 0. The van der Waals surface area contributed by atoms with Crippen molar-refractivity contribution in [2.75, 3.05) is 20.3 Å². The van der Waals surface area contributed by atoms with E-state index >= 15 is 0 Å². The van der Waals surface area contributed by atoms with Crippen molar-refractivity contribution in [3.8, 4) is 0 Å². The summed E-state index contributed by atoms with van der Waals surface area (Å²) in [6.07, 6.45) is 0.623. The molecule has 0 amide bonds. The van der Waals surface area contributed by atoms with E-state index in [0.717, 1.165) is 5.56 Å². The van der Waals surface area contributed by atoms with Gasteiger partial charge >= 0.3 is 0 Å². The molecule has 0 bridgehead atoms. The van der Waals surface area contributed by atoms with Gasteiger partial charge in [0.1, 0.15) is 0 Å². The third-order valence-corrected chi connectivity index (χ3v) is 2.15. The summed E-state index contributed by atoms with van der Waals surface area (Å²) < 4.78 is 4.99. The highest BCUT2D eigenvalue weighted by Crippen LogP contribution is 2.10. The molecule has 0 radical (unpaired) electrons. The highest BCUT2D eigenvalue weighted by Gasteiger charge is 2.24. The smallest absolute Gasteiger partial charge is 0.0668 e. The molecule has 1 atom stereocenters. The molecule has 0 fully saturated rings. The Bertz CT molecular complexity index is 263. The third kappa shape index (κ3) is 3.10. The maximum Gasteiger partial charge on any atom is 0.0668 e. The van der Waals surface area contributed by atoms with Crippen molar-refractivity contribution >= 4 is 0 Å². The molecule has 3 N–H and O–H groups in total. The van der Waals surface area contributed by atoms with Crippen molar-refractivity contribution in [3.63, 3.8) is 0 Å². The first-order valence-corrected chi connectivity index (χ1v) is 4.63. The Hall–Kier alpha value is -0.900. The van der Waals surface area contributed by atoms with E-state index in [9.17, 15) is 5.11 Å². The third-order valence-electron chi connectivity index (χ3n) is 2.15. The molecule has 0 heterocycles. The van der Waals surface area contributed by atoms with Gasteiger partial charge in [-0.3, -0.25) is 0 Å². The van der Waals surface area contributed by atoms with Crippen molar-refractivity contribution in [1.82, 2.24) is 0 Å². The number of ether oxygens (including phenoxy) is 1. The lowest BCUT2D eigenvalue weighted by Gasteiger charge is -2.26. The maximum atomic E-state index is 9.17. The molecular formula is C11H17NO2. The van der Waals surface area contributed by atoms with Crippen molar-refractivity contribution in [1.29, 1.82) is 0 Å². The quantitative estimate of drug-likeness (QED) is 0.722. The number of nitrogens with two attached hydrogens (primary N) is 1. The van der Waals surface area contributed by atoms with E-state index in [2.05, 4.69) is 0 Å². The summed E-state index contributed by atoms with van der Waals surface area (Å²) in [7, 11) is 1.59. The Kier molecular flexibility index (Phi) is 4.07. The summed E-state index contributed by atoms with van der Waals surface area (Å²) in [5.74, 6) is 0. The number of hydrogen-bond donors (Lipinski definition) is 2. The van der Waals surface area contributed by atoms with Crippen LogP contribution in [0.25, 0.3) is 0 Å². The Morgan fingerprint density at radius 1 is 1.36 bits per heavy atom. The first-order chi connectivity index (χ1) is 6.70. The van der Waals surface area contributed by atoms with E-state index in [1.807, 2.05) is 30.3 Å². The fourth-order valence-corrected chi connectivity index (χ4v) is 1.44. The van der Waals surface area contributed by atoms with Gasteiger partial charge in [0.15, 0.2) is 0 Å². The molecular weight excluding hydrogens is 178 g/mol. The van der Waals surface area contributed by atoms with Crippen LogP contribution in [-0.4, -0.2) is 31.0 Å². The Morgan fingerprint density at radius 2 is 2.00 bits per heavy atom. The number of benzene rings is 1. The minimum atomic E-state index is -0.671. The lowest BCUT2D eigenvalue weighted by molar-refractivity contribution is 0.0868. The van der Waals surface area contributed by atoms with Gasteiger partial charge in [-0.15, -0.1) is 0 Å². The van der Waals surface area contributed by atoms with E-state index in [4.69, 9.17) is 10.5 Å². The van der Waals surface area contributed by atoms with Crippen molar-refractivity contribution in [3.05, 3.63) is 35.9 Å². The summed E-state index contributed by atoms with van der Waals surface area (Å²) in [6, 6.07) is 9.86. The van der Waals surface area contributed by atoms with Crippen LogP contribution < -0.4 is 5.73 Å². The molecule has 1 aromatic rings. The van der Waals surface area contributed by atoms with Crippen LogP contribution >= 0.6 is 0 Å². The summed E-state index contributed by atoms with van der Waals surface area (Å²) in [4.78, 5) is 0. The van der Waals surface area contributed by atoms with Gasteiger partial charge in [0.2, 0.25) is 0 Å². The van der Waals surface area contributed by atoms with Gasteiger partial charge in [0.05, 0.1) is 18.8 Å². The molecule has 3 nitrogen and oxygen atoms in total. The number of aliphatic hydroxyl groups excluding tert-OH is 1. The highest BCUT2D eigenvalue weighted by atomic mass is 16.5. The van der Waals surface area contributed by atoms with Crippen LogP contribution in [0.2, 0.25) is 0 Å². The zero-order valence-electron chi connectivity index (χ0n) is 8.44. The second-order valence-electron chi connectivity index (χ2n) is 3.62. The van der Waals surface area contributed by atoms with Gasteiger partial charge in [-0.25, -0.2) is 0 Å². The monoisotopic (exact) mass is 195 g/mol. The molecule has 14 heavy (non-hydrogen) atoms. The maximum absolute atomic E-state index is 9.17. The zero-order valence-corrected chi connectivity index (χ0v) is 8.44. The number of aliphatic hydroxyl groups is 1. The van der Waals surface area contributed by atoms with Crippen LogP contribution in [0, 0.1) is 0 Å². The van der Waals surface area contributed by atoms with Gasteiger partial charge in [-0.05, 0) is 12.0 Å². The number of hydrogen-bond acceptors (Lipinski definition) is 3. The molecule has 1 unspecified atom stereocenters. The van der Waals surface area contributed by atoms with Crippen LogP contribution in [0.4, 0.5) is 0 Å². The average molecular weight is 195 g/mol. The fourth-order valence-electron chi connectivity index (χ4n) is 1.44. The van der Waals surface area contributed by atoms with Gasteiger partial charge < -0.3 is 15.6 Å². The predicted molar refractivity (Wildman–Crippen MR) is 56.0 cm³/mol. The Morgan fingerprint density at radius 3 is 2.50 bits per heavy atom. The van der Waals surface area contributed by atoms with E-state index in [1.54, 1.807) is 7.11 Å². The first kappa shape index (κ1) is 11.2. The molecule has 0 saturated heterocycles. The van der Waals surface area contributed by atoms with E-state index < -0.39 is 5.54 Å². The SMILES string of the molecule is COCC(N)(CO)Cc1ccccc1. The van der Waals surface area contributed by atoms with Crippen LogP contribution in [0.1, 0.15) is 5.56 Å². The van der Waals surface area contributed by atoms with Gasteiger partial charge in [0, 0.05) is 7.11 Å². The van der Waals surface area contributed by atoms with E-state index in [0.29, 0.717) is 13.0 Å². The van der Waals surface area contributed by atoms with Crippen LogP contribution in [0.15, 0.2) is 30.3 Å². The fraction of sp³-hybridized carbons (Fsp3) is 0.455. The Labute approximate surface area is 84.5 Å². The molecule has 1 aromatic carbocycles. The molecule has 0 spiro atoms. The van der Waals surface area contributed by atoms with Crippen molar-refractivity contribution < 1.29 is 9.84 Å². The largest absolute Gasteiger partial charge is 0.394 e. The number of rotatable bonds is 5. The topological polar surface area (TPSA) is 55.5 Å². The standard InChI is InChI=1S/C11H17NO2/c1-14-9-11(12,8-13)7-10-5-3-2-4-6-10/h2-6,13H,7-9,12H2,1H3. The van der Waals surface area contributed by atoms with Crippen molar-refractivity contribution in [2.45, 2.75) is 12.0 Å². The summed E-state index contributed by atoms with van der Waals surface area (Å²) in [5.41, 5.74) is 6.41. The normalized spacial score (nSPS) is 15.1. The molecule has 78 valence electrons. The Balaban J connectivity index is 2.65. The van der Waals surface area contributed by atoms with Gasteiger partial charge in [-0.1, -0.05) is 30.3 Å². The average Bonchev–Trinajstić information content (AvgIpc) is 2.20. The van der Waals surface area contributed by atoms with Crippen LogP contribution in [0.5, 0.6) is 0 Å². The second kappa shape index (κ2) is 5.10.